The zero-order chi connectivity index (χ0) is 23.6. The van der Waals surface area contributed by atoms with Crippen LogP contribution in [-0.4, -0.2) is 24.3 Å². The summed E-state index contributed by atoms with van der Waals surface area (Å²) in [4.78, 5) is 20.4. The highest BCUT2D eigenvalue weighted by Crippen LogP contribution is 2.29. The molecule has 1 heterocycles. The van der Waals surface area contributed by atoms with Gasteiger partial charge in [-0.1, -0.05) is 29.8 Å². The van der Waals surface area contributed by atoms with Crippen molar-refractivity contribution < 1.29 is 13.2 Å². The fourth-order valence-electron chi connectivity index (χ4n) is 3.35. The molecule has 4 aromatic rings. The number of amides is 1. The summed E-state index contributed by atoms with van der Waals surface area (Å²) in [5.41, 5.74) is 4.60. The summed E-state index contributed by atoms with van der Waals surface area (Å²) in [6.45, 7) is 5.35. The van der Waals surface area contributed by atoms with Gasteiger partial charge in [0.25, 0.3) is 10.0 Å². The van der Waals surface area contributed by atoms with E-state index in [4.69, 9.17) is 0 Å². The number of aromatic nitrogens is 2. The van der Waals surface area contributed by atoms with E-state index in [0.717, 1.165) is 16.8 Å². The molecule has 8 nitrogen and oxygen atoms in total. The zero-order valence-electron chi connectivity index (χ0n) is 18.4. The molecule has 0 saturated carbocycles. The maximum absolute atomic E-state index is 13.1. The maximum Gasteiger partial charge on any atom is 0.263 e. The Hall–Kier alpha value is -3.98. The van der Waals surface area contributed by atoms with Gasteiger partial charge in [0.1, 0.15) is 0 Å². The number of fused-ring (bicyclic) bond motifs is 1. The molecule has 0 radical (unpaired) electrons. The second-order valence-electron chi connectivity index (χ2n) is 7.66. The Morgan fingerprint density at radius 3 is 2.09 bits per heavy atom. The molecule has 0 fully saturated rings. The molecule has 0 saturated heterocycles. The van der Waals surface area contributed by atoms with Crippen LogP contribution in [0.4, 0.5) is 23.0 Å². The van der Waals surface area contributed by atoms with Crippen LogP contribution in [0, 0.1) is 13.8 Å². The highest BCUT2D eigenvalue weighted by Gasteiger charge is 2.19. The van der Waals surface area contributed by atoms with Gasteiger partial charge in [0.05, 0.1) is 15.9 Å². The SMILES string of the molecule is CC(=O)Nc1ccc(S(=O)(=O)Nc2nc3ccccc3nc2Nc2ccc(C)cc2C)cc1. The van der Waals surface area contributed by atoms with E-state index >= 15 is 0 Å². The third kappa shape index (κ3) is 5.09. The van der Waals surface area contributed by atoms with Crippen LogP contribution in [0.3, 0.4) is 0 Å². The van der Waals surface area contributed by atoms with Gasteiger partial charge in [-0.3, -0.25) is 9.52 Å². The van der Waals surface area contributed by atoms with Crippen molar-refractivity contribution in [1.82, 2.24) is 9.97 Å². The van der Waals surface area contributed by atoms with Crippen molar-refractivity contribution >= 4 is 50.0 Å². The van der Waals surface area contributed by atoms with Crippen molar-refractivity contribution in [3.05, 3.63) is 77.9 Å². The Balaban J connectivity index is 1.72. The first-order valence-corrected chi connectivity index (χ1v) is 11.7. The molecule has 1 amide bonds. The topological polar surface area (TPSA) is 113 Å². The van der Waals surface area contributed by atoms with Crippen LogP contribution in [0.25, 0.3) is 11.0 Å². The first-order valence-electron chi connectivity index (χ1n) is 10.2. The smallest absolute Gasteiger partial charge is 0.263 e. The number of benzene rings is 3. The summed E-state index contributed by atoms with van der Waals surface area (Å²) in [6.07, 6.45) is 0. The van der Waals surface area contributed by atoms with E-state index in [2.05, 4.69) is 25.3 Å². The van der Waals surface area contributed by atoms with Crippen LogP contribution in [-0.2, 0) is 14.8 Å². The van der Waals surface area contributed by atoms with Gasteiger partial charge in [0.2, 0.25) is 5.91 Å². The van der Waals surface area contributed by atoms with E-state index in [1.165, 1.54) is 31.2 Å². The lowest BCUT2D eigenvalue weighted by Crippen LogP contribution is -2.16. The fourth-order valence-corrected chi connectivity index (χ4v) is 4.36. The second-order valence-corrected chi connectivity index (χ2v) is 9.35. The van der Waals surface area contributed by atoms with E-state index in [9.17, 15) is 13.2 Å². The van der Waals surface area contributed by atoms with Gasteiger partial charge in [0.15, 0.2) is 11.6 Å². The summed E-state index contributed by atoms with van der Waals surface area (Å²) in [5, 5.41) is 5.83. The average Bonchev–Trinajstić information content (AvgIpc) is 2.75. The Labute approximate surface area is 192 Å². The standard InChI is InChI=1S/C24H23N5O3S/c1-15-8-13-20(16(2)14-15)26-23-24(28-22-7-5-4-6-21(22)27-23)29-33(31,32)19-11-9-18(10-12-19)25-17(3)30/h4-14H,1-3H3,(H,25,30)(H,26,27)(H,28,29). The van der Waals surface area contributed by atoms with Crippen LogP contribution in [0.15, 0.2) is 71.6 Å². The quantitative estimate of drug-likeness (QED) is 0.382. The molecular weight excluding hydrogens is 438 g/mol. The van der Waals surface area contributed by atoms with Gasteiger partial charge in [0, 0.05) is 18.3 Å². The minimum Gasteiger partial charge on any atom is -0.337 e. The van der Waals surface area contributed by atoms with Crippen LogP contribution in [0.2, 0.25) is 0 Å². The Kier molecular flexibility index (Phi) is 5.97. The predicted molar refractivity (Wildman–Crippen MR) is 130 cm³/mol. The van der Waals surface area contributed by atoms with Crippen molar-refractivity contribution in [3.63, 3.8) is 0 Å². The van der Waals surface area contributed by atoms with E-state index in [1.807, 2.05) is 50.2 Å². The second kappa shape index (κ2) is 8.87. The molecule has 3 aromatic carbocycles. The number of sulfonamides is 1. The largest absolute Gasteiger partial charge is 0.337 e. The molecule has 0 aliphatic rings. The Bertz CT molecular complexity index is 1450. The first-order chi connectivity index (χ1) is 15.7. The van der Waals surface area contributed by atoms with Gasteiger partial charge in [-0.05, 0) is 61.9 Å². The zero-order valence-corrected chi connectivity index (χ0v) is 19.2. The number of rotatable bonds is 6. The number of carbonyl (C=O) groups is 1. The van der Waals surface area contributed by atoms with Gasteiger partial charge >= 0.3 is 0 Å². The molecule has 3 N–H and O–H groups in total. The molecule has 168 valence electrons. The number of nitrogens with zero attached hydrogens (tertiary/aromatic N) is 2. The molecule has 0 aliphatic heterocycles. The molecule has 33 heavy (non-hydrogen) atoms. The van der Waals surface area contributed by atoms with Gasteiger partial charge < -0.3 is 10.6 Å². The molecule has 1 aromatic heterocycles. The summed E-state index contributed by atoms with van der Waals surface area (Å²) >= 11 is 0. The number of hydrogen-bond donors (Lipinski definition) is 3. The molecular formula is C24H23N5O3S. The number of aryl methyl sites for hydroxylation is 2. The predicted octanol–water partition coefficient (Wildman–Crippen LogP) is 4.75. The number of hydrogen-bond acceptors (Lipinski definition) is 6. The van der Waals surface area contributed by atoms with Crippen LogP contribution < -0.4 is 15.4 Å². The minimum atomic E-state index is -3.96. The van der Waals surface area contributed by atoms with Crippen molar-refractivity contribution in [2.75, 3.05) is 15.4 Å². The van der Waals surface area contributed by atoms with Crippen molar-refractivity contribution in [3.8, 4) is 0 Å². The summed E-state index contributed by atoms with van der Waals surface area (Å²) < 4.78 is 28.7. The highest BCUT2D eigenvalue weighted by molar-refractivity contribution is 7.92. The summed E-state index contributed by atoms with van der Waals surface area (Å²) in [6, 6.07) is 19.0. The highest BCUT2D eigenvalue weighted by atomic mass is 32.2. The fraction of sp³-hybridized carbons (Fsp3) is 0.125. The average molecular weight is 462 g/mol. The van der Waals surface area contributed by atoms with Crippen molar-refractivity contribution in [1.29, 1.82) is 0 Å². The van der Waals surface area contributed by atoms with E-state index < -0.39 is 10.0 Å². The molecule has 0 bridgehead atoms. The minimum absolute atomic E-state index is 0.0315. The van der Waals surface area contributed by atoms with Crippen LogP contribution in [0.1, 0.15) is 18.1 Å². The van der Waals surface area contributed by atoms with Gasteiger partial charge in [-0.25, -0.2) is 18.4 Å². The summed E-state index contributed by atoms with van der Waals surface area (Å²) in [7, 11) is -3.96. The monoisotopic (exact) mass is 461 g/mol. The lowest BCUT2D eigenvalue weighted by molar-refractivity contribution is -0.114. The van der Waals surface area contributed by atoms with E-state index in [-0.39, 0.29) is 16.6 Å². The third-order valence-corrected chi connectivity index (χ3v) is 6.28. The third-order valence-electron chi connectivity index (χ3n) is 4.92. The van der Waals surface area contributed by atoms with E-state index in [1.54, 1.807) is 6.07 Å². The lowest BCUT2D eigenvalue weighted by Gasteiger charge is -2.15. The maximum atomic E-state index is 13.1. The molecule has 4 rings (SSSR count). The molecule has 9 heteroatoms. The normalized spacial score (nSPS) is 11.2. The molecule has 0 atom stereocenters. The van der Waals surface area contributed by atoms with Crippen LogP contribution >= 0.6 is 0 Å². The molecule has 0 spiro atoms. The van der Waals surface area contributed by atoms with Crippen LogP contribution in [0.5, 0.6) is 0 Å². The van der Waals surface area contributed by atoms with Crippen molar-refractivity contribution in [2.24, 2.45) is 0 Å². The first kappa shape index (κ1) is 22.2. The summed E-state index contributed by atoms with van der Waals surface area (Å²) in [5.74, 6) is 0.135. The molecule has 0 unspecified atom stereocenters. The Morgan fingerprint density at radius 1 is 0.848 bits per heavy atom. The lowest BCUT2D eigenvalue weighted by atomic mass is 10.1. The number of anilines is 4. The number of para-hydroxylation sites is 2. The van der Waals surface area contributed by atoms with Gasteiger partial charge in [-0.15, -0.1) is 0 Å². The van der Waals surface area contributed by atoms with Crippen molar-refractivity contribution in [2.45, 2.75) is 25.7 Å². The molecule has 0 aliphatic carbocycles. The van der Waals surface area contributed by atoms with Gasteiger partial charge in [-0.2, -0.15) is 0 Å². The number of nitrogens with one attached hydrogen (secondary N) is 3. The van der Waals surface area contributed by atoms with E-state index in [0.29, 0.717) is 22.5 Å². The number of carbonyl (C=O) groups excluding carboxylic acids is 1. The Morgan fingerprint density at radius 2 is 1.48 bits per heavy atom.